The second kappa shape index (κ2) is 10.0. The Hall–Kier alpha value is -0.850. The zero-order chi connectivity index (χ0) is 15.1. The first kappa shape index (κ1) is 19.2. The lowest BCUT2D eigenvalue weighted by molar-refractivity contribution is -0.137. The van der Waals surface area contributed by atoms with E-state index in [1.807, 2.05) is 11.8 Å². The summed E-state index contributed by atoms with van der Waals surface area (Å²) in [5.41, 5.74) is 0. The van der Waals surface area contributed by atoms with Gasteiger partial charge in [-0.25, -0.2) is 0 Å². The maximum Gasteiger partial charge on any atom is 0.248 e. The maximum atomic E-state index is 12.0. The Morgan fingerprint density at radius 2 is 2.14 bits per heavy atom. The third kappa shape index (κ3) is 5.74. The van der Waals surface area contributed by atoms with E-state index in [-0.39, 0.29) is 36.9 Å². The van der Waals surface area contributed by atoms with Crippen LogP contribution in [0.4, 0.5) is 0 Å². The van der Waals surface area contributed by atoms with Gasteiger partial charge in [-0.15, -0.1) is 12.4 Å². The van der Waals surface area contributed by atoms with Crippen molar-refractivity contribution in [3.63, 3.8) is 0 Å². The van der Waals surface area contributed by atoms with E-state index in [1.165, 1.54) is 0 Å². The number of piperidine rings is 1. The predicted octanol–water partition coefficient (Wildman–Crippen LogP) is 0.552. The topological polar surface area (TPSA) is 70.7 Å². The van der Waals surface area contributed by atoms with Crippen molar-refractivity contribution in [1.82, 2.24) is 15.5 Å². The molecule has 22 heavy (non-hydrogen) atoms. The lowest BCUT2D eigenvalue weighted by Crippen LogP contribution is -2.47. The summed E-state index contributed by atoms with van der Waals surface area (Å²) >= 11 is 0. The average molecular weight is 334 g/mol. The Labute approximate surface area is 138 Å². The molecule has 0 aromatic rings. The molecule has 2 rings (SSSR count). The molecular formula is C15H28ClN3O3. The van der Waals surface area contributed by atoms with E-state index in [1.54, 1.807) is 0 Å². The number of nitrogens with one attached hydrogen (secondary N) is 2. The van der Waals surface area contributed by atoms with Gasteiger partial charge in [0.05, 0.1) is 6.04 Å². The number of amides is 2. The molecule has 7 heteroatoms. The Bertz CT molecular complexity index is 362. The summed E-state index contributed by atoms with van der Waals surface area (Å²) < 4.78 is 5.18. The van der Waals surface area contributed by atoms with Gasteiger partial charge in [0.1, 0.15) is 6.61 Å². The van der Waals surface area contributed by atoms with Crippen LogP contribution in [0.5, 0.6) is 0 Å². The second-order valence-electron chi connectivity index (χ2n) is 5.88. The molecule has 2 fully saturated rings. The molecule has 2 unspecified atom stereocenters. The fraction of sp³-hybridized carbons (Fsp3) is 0.867. The van der Waals surface area contributed by atoms with Crippen LogP contribution >= 0.6 is 12.4 Å². The Morgan fingerprint density at radius 1 is 1.32 bits per heavy atom. The van der Waals surface area contributed by atoms with Crippen molar-refractivity contribution in [1.29, 1.82) is 0 Å². The summed E-state index contributed by atoms with van der Waals surface area (Å²) in [7, 11) is 0. The van der Waals surface area contributed by atoms with Crippen molar-refractivity contribution in [3.05, 3.63) is 0 Å². The molecule has 2 N–H and O–H groups in total. The van der Waals surface area contributed by atoms with Crippen LogP contribution in [0.15, 0.2) is 0 Å². The van der Waals surface area contributed by atoms with Crippen LogP contribution in [-0.2, 0) is 14.3 Å². The lowest BCUT2D eigenvalue weighted by atomic mass is 9.97. The van der Waals surface area contributed by atoms with Gasteiger partial charge < -0.3 is 20.3 Å². The summed E-state index contributed by atoms with van der Waals surface area (Å²) in [5, 5.41) is 6.23. The van der Waals surface area contributed by atoms with Gasteiger partial charge in [0, 0.05) is 26.2 Å². The van der Waals surface area contributed by atoms with Gasteiger partial charge in [-0.05, 0) is 45.1 Å². The van der Waals surface area contributed by atoms with E-state index in [2.05, 4.69) is 10.6 Å². The van der Waals surface area contributed by atoms with Crippen LogP contribution in [-0.4, -0.2) is 62.1 Å². The van der Waals surface area contributed by atoms with E-state index in [9.17, 15) is 9.59 Å². The summed E-state index contributed by atoms with van der Waals surface area (Å²) in [6.07, 6.45) is 4.06. The Balaban J connectivity index is 0.00000242. The highest BCUT2D eigenvalue weighted by atomic mass is 35.5. The minimum absolute atomic E-state index is 0. The molecule has 2 amide bonds. The van der Waals surface area contributed by atoms with Crippen molar-refractivity contribution in [2.24, 2.45) is 5.92 Å². The molecule has 2 aliphatic rings. The fourth-order valence-electron chi connectivity index (χ4n) is 3.02. The van der Waals surface area contributed by atoms with E-state index in [4.69, 9.17) is 4.74 Å². The zero-order valence-electron chi connectivity index (χ0n) is 13.3. The quantitative estimate of drug-likeness (QED) is 0.745. The molecule has 0 aromatic carbocycles. The van der Waals surface area contributed by atoms with E-state index in [0.29, 0.717) is 19.1 Å². The molecule has 0 radical (unpaired) electrons. The molecule has 0 saturated carbocycles. The molecule has 2 atom stereocenters. The smallest absolute Gasteiger partial charge is 0.248 e. The molecule has 2 saturated heterocycles. The van der Waals surface area contributed by atoms with Crippen LogP contribution < -0.4 is 10.6 Å². The van der Waals surface area contributed by atoms with Crippen LogP contribution in [0.3, 0.4) is 0 Å². The predicted molar refractivity (Wildman–Crippen MR) is 87.1 cm³/mol. The van der Waals surface area contributed by atoms with Crippen molar-refractivity contribution < 1.29 is 14.3 Å². The summed E-state index contributed by atoms with van der Waals surface area (Å²) in [6.45, 7) is 5.75. The van der Waals surface area contributed by atoms with Gasteiger partial charge in [0.2, 0.25) is 11.8 Å². The monoisotopic (exact) mass is 333 g/mol. The number of ether oxygens (including phenoxy) is 1. The van der Waals surface area contributed by atoms with Crippen LogP contribution in [0, 0.1) is 5.92 Å². The van der Waals surface area contributed by atoms with Gasteiger partial charge in [0.25, 0.3) is 0 Å². The van der Waals surface area contributed by atoms with Gasteiger partial charge in [-0.2, -0.15) is 0 Å². The highest BCUT2D eigenvalue weighted by Crippen LogP contribution is 2.16. The number of carbonyl (C=O) groups excluding carboxylic acids is 2. The van der Waals surface area contributed by atoms with Gasteiger partial charge >= 0.3 is 0 Å². The van der Waals surface area contributed by atoms with Gasteiger partial charge in [0.15, 0.2) is 0 Å². The van der Waals surface area contributed by atoms with Gasteiger partial charge in [-0.1, -0.05) is 0 Å². The first-order valence-corrected chi connectivity index (χ1v) is 8.07. The first-order valence-electron chi connectivity index (χ1n) is 8.07. The normalized spacial score (nSPS) is 24.7. The minimum atomic E-state index is -0.0238. The first-order chi connectivity index (χ1) is 10.2. The molecular weight excluding hydrogens is 306 g/mol. The third-order valence-electron chi connectivity index (χ3n) is 4.24. The number of carbonyl (C=O) groups is 2. The highest BCUT2D eigenvalue weighted by Gasteiger charge is 2.26. The van der Waals surface area contributed by atoms with Crippen LogP contribution in [0.25, 0.3) is 0 Å². The number of nitrogens with zero attached hydrogens (tertiary/aromatic N) is 1. The van der Waals surface area contributed by atoms with Crippen LogP contribution in [0.1, 0.15) is 32.6 Å². The molecule has 0 bridgehead atoms. The minimum Gasteiger partial charge on any atom is -0.372 e. The number of likely N-dealkylation sites (tertiary alicyclic amines) is 1. The molecule has 0 aliphatic carbocycles. The number of hydrogen-bond acceptors (Lipinski definition) is 4. The Kier molecular flexibility index (Phi) is 8.75. The zero-order valence-corrected chi connectivity index (χ0v) is 14.1. The fourth-order valence-corrected chi connectivity index (χ4v) is 3.02. The van der Waals surface area contributed by atoms with Crippen molar-refractivity contribution in [2.45, 2.75) is 38.6 Å². The lowest BCUT2D eigenvalue weighted by Gasteiger charge is -2.33. The maximum absolute atomic E-state index is 12.0. The second-order valence-corrected chi connectivity index (χ2v) is 5.88. The SMILES string of the molecule is CCOCC(=O)N1CCCC(CNC(=O)C2CCCN2)C1.Cl. The van der Waals surface area contributed by atoms with Crippen molar-refractivity contribution in [2.75, 3.05) is 39.4 Å². The summed E-state index contributed by atoms with van der Waals surface area (Å²) in [5.74, 6) is 0.519. The molecule has 2 heterocycles. The van der Waals surface area contributed by atoms with Gasteiger partial charge in [-0.3, -0.25) is 9.59 Å². The molecule has 0 aromatic heterocycles. The summed E-state index contributed by atoms with van der Waals surface area (Å²) in [4.78, 5) is 25.8. The number of rotatable bonds is 6. The molecule has 6 nitrogen and oxygen atoms in total. The van der Waals surface area contributed by atoms with E-state index in [0.717, 1.165) is 45.3 Å². The van der Waals surface area contributed by atoms with E-state index >= 15 is 0 Å². The molecule has 128 valence electrons. The highest BCUT2D eigenvalue weighted by molar-refractivity contribution is 5.85. The number of halogens is 1. The Morgan fingerprint density at radius 3 is 2.82 bits per heavy atom. The molecule has 0 spiro atoms. The van der Waals surface area contributed by atoms with Crippen LogP contribution in [0.2, 0.25) is 0 Å². The van der Waals surface area contributed by atoms with E-state index < -0.39 is 0 Å². The largest absolute Gasteiger partial charge is 0.372 e. The number of hydrogen-bond donors (Lipinski definition) is 2. The average Bonchev–Trinajstić information content (AvgIpc) is 3.05. The van der Waals surface area contributed by atoms with Crippen molar-refractivity contribution in [3.8, 4) is 0 Å². The van der Waals surface area contributed by atoms with Crippen molar-refractivity contribution >= 4 is 24.2 Å². The standard InChI is InChI=1S/C15H27N3O3.ClH/c1-2-21-11-14(19)18-8-4-5-12(10-18)9-17-15(20)13-6-3-7-16-13;/h12-13,16H,2-11H2,1H3,(H,17,20);1H. The third-order valence-corrected chi connectivity index (χ3v) is 4.24. The molecule has 2 aliphatic heterocycles. The summed E-state index contributed by atoms with van der Waals surface area (Å²) in [6, 6.07) is -0.0238.